The van der Waals surface area contributed by atoms with Crippen LogP contribution in [0.5, 0.6) is 0 Å². The van der Waals surface area contributed by atoms with Gasteiger partial charge in [-0.1, -0.05) is 49.2 Å². The Labute approximate surface area is 211 Å². The van der Waals surface area contributed by atoms with Crippen molar-refractivity contribution in [1.29, 1.82) is 0 Å². The largest absolute Gasteiger partial charge is 0.416 e. The molecule has 0 radical (unpaired) electrons. The topological polar surface area (TPSA) is 58.2 Å². The molecule has 0 saturated heterocycles. The third kappa shape index (κ3) is 5.11. The van der Waals surface area contributed by atoms with E-state index in [1.807, 2.05) is 13.8 Å². The molecular formula is C26H23Cl2F3N2O2. The van der Waals surface area contributed by atoms with Crippen molar-refractivity contribution in [1.82, 2.24) is 5.32 Å². The van der Waals surface area contributed by atoms with E-state index in [-0.39, 0.29) is 27.5 Å². The standard InChI is InChI=1S/C26H23Cl2F3N2O2/c1-13-21(24(35)33-18-10-15(26(29,30)31)7-8-17(18)28)22(14-5-4-6-16(27)9-14)23-19(32-13)11-25(2,3)12-20(23)34/h4-10,22,32H,11-12H2,1-3H3,(H,33,35)/t22-/m0/s1. The van der Waals surface area contributed by atoms with E-state index in [4.69, 9.17) is 23.2 Å². The summed E-state index contributed by atoms with van der Waals surface area (Å²) in [6.07, 6.45) is -3.69. The van der Waals surface area contributed by atoms with Crippen molar-refractivity contribution >= 4 is 40.6 Å². The molecule has 35 heavy (non-hydrogen) atoms. The molecule has 0 bridgehead atoms. The summed E-state index contributed by atoms with van der Waals surface area (Å²) >= 11 is 12.3. The van der Waals surface area contributed by atoms with Crippen molar-refractivity contribution in [3.63, 3.8) is 0 Å². The number of dihydropyridines is 1. The zero-order chi connectivity index (χ0) is 25.7. The first-order valence-electron chi connectivity index (χ1n) is 10.9. The summed E-state index contributed by atoms with van der Waals surface area (Å²) in [5, 5.41) is 6.14. The van der Waals surface area contributed by atoms with Crippen LogP contribution in [-0.4, -0.2) is 11.7 Å². The molecule has 2 N–H and O–H groups in total. The fourth-order valence-corrected chi connectivity index (χ4v) is 5.11. The maximum absolute atomic E-state index is 13.6. The van der Waals surface area contributed by atoms with E-state index in [1.165, 1.54) is 0 Å². The van der Waals surface area contributed by atoms with Crippen molar-refractivity contribution < 1.29 is 22.8 Å². The summed E-state index contributed by atoms with van der Waals surface area (Å²) in [4.78, 5) is 26.9. The SMILES string of the molecule is CC1=C(C(=O)Nc2cc(C(F)(F)F)ccc2Cl)[C@H](c2cccc(Cl)c2)C2=C(CC(C)(C)CC2=O)N1. The normalized spacial score (nSPS) is 19.9. The molecule has 0 aromatic heterocycles. The van der Waals surface area contributed by atoms with Gasteiger partial charge in [0.25, 0.3) is 5.91 Å². The molecule has 2 aromatic carbocycles. The number of hydrogen-bond acceptors (Lipinski definition) is 3. The van der Waals surface area contributed by atoms with Gasteiger partial charge >= 0.3 is 6.18 Å². The number of ketones is 1. The molecule has 0 unspecified atom stereocenters. The van der Waals surface area contributed by atoms with Gasteiger partial charge in [0, 0.05) is 39.9 Å². The molecular weight excluding hydrogens is 500 g/mol. The number of allylic oxidation sites excluding steroid dienone is 3. The predicted molar refractivity (Wildman–Crippen MR) is 130 cm³/mol. The highest BCUT2D eigenvalue weighted by molar-refractivity contribution is 6.34. The van der Waals surface area contributed by atoms with Gasteiger partial charge in [0.2, 0.25) is 0 Å². The maximum Gasteiger partial charge on any atom is 0.416 e. The van der Waals surface area contributed by atoms with Gasteiger partial charge in [0.05, 0.1) is 16.3 Å². The monoisotopic (exact) mass is 522 g/mol. The van der Waals surface area contributed by atoms with Crippen molar-refractivity contribution in [2.24, 2.45) is 5.41 Å². The number of alkyl halides is 3. The van der Waals surface area contributed by atoms with E-state index in [2.05, 4.69) is 10.6 Å². The van der Waals surface area contributed by atoms with E-state index in [0.29, 0.717) is 34.7 Å². The van der Waals surface area contributed by atoms with E-state index < -0.39 is 23.6 Å². The van der Waals surface area contributed by atoms with Crippen LogP contribution in [0.4, 0.5) is 18.9 Å². The van der Waals surface area contributed by atoms with Gasteiger partial charge in [-0.2, -0.15) is 13.2 Å². The van der Waals surface area contributed by atoms with Crippen molar-refractivity contribution in [2.45, 2.75) is 45.7 Å². The smallest absolute Gasteiger partial charge is 0.362 e. The summed E-state index contributed by atoms with van der Waals surface area (Å²) in [7, 11) is 0. The number of carbonyl (C=O) groups excluding carboxylic acids is 2. The Balaban J connectivity index is 1.80. The lowest BCUT2D eigenvalue weighted by Crippen LogP contribution is -2.39. The van der Waals surface area contributed by atoms with Crippen molar-refractivity contribution in [3.05, 3.63) is 86.2 Å². The van der Waals surface area contributed by atoms with Gasteiger partial charge in [0.1, 0.15) is 0 Å². The molecule has 4 nitrogen and oxygen atoms in total. The first kappa shape index (κ1) is 25.3. The second-order valence-corrected chi connectivity index (χ2v) is 10.5. The number of benzene rings is 2. The van der Waals surface area contributed by atoms with E-state index >= 15 is 0 Å². The molecule has 4 rings (SSSR count). The highest BCUT2D eigenvalue weighted by Crippen LogP contribution is 2.47. The lowest BCUT2D eigenvalue weighted by atomic mass is 9.68. The summed E-state index contributed by atoms with van der Waals surface area (Å²) in [5.74, 6) is -1.49. The van der Waals surface area contributed by atoms with Gasteiger partial charge in [-0.3, -0.25) is 9.59 Å². The fraction of sp³-hybridized carbons (Fsp3) is 0.308. The molecule has 9 heteroatoms. The van der Waals surface area contributed by atoms with Crippen LogP contribution in [0.15, 0.2) is 65.0 Å². The van der Waals surface area contributed by atoms with Gasteiger partial charge in [-0.25, -0.2) is 0 Å². The van der Waals surface area contributed by atoms with Crippen LogP contribution < -0.4 is 10.6 Å². The molecule has 0 fully saturated rings. The summed E-state index contributed by atoms with van der Waals surface area (Å²) in [6.45, 7) is 5.71. The minimum Gasteiger partial charge on any atom is -0.362 e. The van der Waals surface area contributed by atoms with Crippen LogP contribution in [0, 0.1) is 5.41 Å². The van der Waals surface area contributed by atoms with Crippen LogP contribution in [0.2, 0.25) is 10.0 Å². The van der Waals surface area contributed by atoms with Crippen LogP contribution in [0.3, 0.4) is 0 Å². The summed E-state index contributed by atoms with van der Waals surface area (Å²) < 4.78 is 39.7. The number of halogens is 5. The predicted octanol–water partition coefficient (Wildman–Crippen LogP) is 7.25. The zero-order valence-corrected chi connectivity index (χ0v) is 20.8. The Kier molecular flexibility index (Phi) is 6.53. The number of amides is 1. The molecule has 2 aliphatic rings. The molecule has 184 valence electrons. The van der Waals surface area contributed by atoms with E-state index in [1.54, 1.807) is 31.2 Å². The number of anilines is 1. The Morgan fingerprint density at radius 3 is 2.49 bits per heavy atom. The molecule has 1 atom stereocenters. The first-order valence-corrected chi connectivity index (χ1v) is 11.7. The van der Waals surface area contributed by atoms with Gasteiger partial charge in [0.15, 0.2) is 5.78 Å². The van der Waals surface area contributed by atoms with Gasteiger partial charge in [-0.05, 0) is 54.7 Å². The Bertz CT molecular complexity index is 1300. The van der Waals surface area contributed by atoms with Gasteiger partial charge < -0.3 is 10.6 Å². The summed E-state index contributed by atoms with van der Waals surface area (Å²) in [6, 6.07) is 9.60. The molecule has 1 aliphatic carbocycles. The first-order chi connectivity index (χ1) is 16.3. The number of rotatable bonds is 3. The highest BCUT2D eigenvalue weighted by atomic mass is 35.5. The maximum atomic E-state index is 13.6. The number of carbonyl (C=O) groups is 2. The Morgan fingerprint density at radius 1 is 1.11 bits per heavy atom. The molecule has 1 aliphatic heterocycles. The van der Waals surface area contributed by atoms with Crippen LogP contribution in [-0.2, 0) is 15.8 Å². The Hall–Kier alpha value is -2.77. The van der Waals surface area contributed by atoms with E-state index in [0.717, 1.165) is 23.9 Å². The molecule has 0 spiro atoms. The van der Waals surface area contributed by atoms with Crippen LogP contribution in [0.25, 0.3) is 0 Å². The zero-order valence-electron chi connectivity index (χ0n) is 19.2. The number of nitrogens with one attached hydrogen (secondary N) is 2. The fourth-order valence-electron chi connectivity index (χ4n) is 4.74. The third-order valence-electron chi connectivity index (χ3n) is 6.21. The molecule has 1 heterocycles. The Morgan fingerprint density at radius 2 is 1.83 bits per heavy atom. The lowest BCUT2D eigenvalue weighted by molar-refractivity contribution is -0.137. The summed E-state index contributed by atoms with van der Waals surface area (Å²) in [5.41, 5.74) is 1.19. The average Bonchev–Trinajstić information content (AvgIpc) is 2.72. The quantitative estimate of drug-likeness (QED) is 0.446. The number of Topliss-reactive ketones (excluding diaryl/α,β-unsaturated/α-hetero) is 1. The second kappa shape index (κ2) is 9.03. The lowest BCUT2D eigenvalue weighted by Gasteiger charge is -2.39. The molecule has 0 saturated carbocycles. The van der Waals surface area contributed by atoms with Gasteiger partial charge in [-0.15, -0.1) is 0 Å². The van der Waals surface area contributed by atoms with Crippen LogP contribution >= 0.6 is 23.2 Å². The second-order valence-electron chi connectivity index (χ2n) is 9.63. The molecule has 2 aromatic rings. The minimum atomic E-state index is -4.60. The minimum absolute atomic E-state index is 0.0388. The van der Waals surface area contributed by atoms with Crippen LogP contribution in [0.1, 0.15) is 50.7 Å². The highest BCUT2D eigenvalue weighted by Gasteiger charge is 2.43. The van der Waals surface area contributed by atoms with E-state index in [9.17, 15) is 22.8 Å². The van der Waals surface area contributed by atoms with Crippen molar-refractivity contribution in [3.8, 4) is 0 Å². The average molecular weight is 523 g/mol. The molecule has 1 amide bonds. The third-order valence-corrected chi connectivity index (χ3v) is 6.77. The number of hydrogen-bond donors (Lipinski definition) is 2. The van der Waals surface area contributed by atoms with Crippen molar-refractivity contribution in [2.75, 3.05) is 5.32 Å².